The summed E-state index contributed by atoms with van der Waals surface area (Å²) in [4.78, 5) is 4.78. The summed E-state index contributed by atoms with van der Waals surface area (Å²) < 4.78 is 2.04. The first kappa shape index (κ1) is 16.0. The maximum atomic E-state index is 6.14. The van der Waals surface area contributed by atoms with Gasteiger partial charge in [-0.05, 0) is 29.7 Å². The summed E-state index contributed by atoms with van der Waals surface area (Å²) in [7, 11) is 0. The van der Waals surface area contributed by atoms with E-state index in [2.05, 4.69) is 45.0 Å². The number of benzene rings is 1. The summed E-state index contributed by atoms with van der Waals surface area (Å²) >= 11 is 6.14. The number of halogens is 1. The van der Waals surface area contributed by atoms with Crippen molar-refractivity contribution in [2.24, 2.45) is 5.73 Å². The number of rotatable bonds is 3. The topological polar surface area (TPSA) is 43.3 Å². The number of hydrogen-bond acceptors (Lipinski definition) is 2. The molecule has 0 spiro atoms. The van der Waals surface area contributed by atoms with E-state index in [1.807, 2.05) is 22.7 Å². The van der Waals surface area contributed by atoms with E-state index in [1.54, 1.807) is 0 Å². The number of nitrogens with zero attached hydrogens (tertiary/aromatic N) is 2. The molecule has 2 heterocycles. The van der Waals surface area contributed by atoms with Crippen LogP contribution in [0.2, 0.25) is 5.02 Å². The first-order chi connectivity index (χ1) is 10.9. The maximum Gasteiger partial charge on any atom is 0.137 e. The Labute approximate surface area is 142 Å². The van der Waals surface area contributed by atoms with E-state index in [1.165, 1.54) is 5.56 Å². The Hall–Kier alpha value is -1.84. The zero-order valence-electron chi connectivity index (χ0n) is 13.8. The molecule has 3 nitrogen and oxygen atoms in total. The van der Waals surface area contributed by atoms with Crippen LogP contribution in [0.3, 0.4) is 0 Å². The van der Waals surface area contributed by atoms with E-state index < -0.39 is 0 Å². The van der Waals surface area contributed by atoms with Gasteiger partial charge >= 0.3 is 0 Å². The van der Waals surface area contributed by atoms with E-state index in [-0.39, 0.29) is 5.41 Å². The van der Waals surface area contributed by atoms with Crippen LogP contribution in [-0.2, 0) is 11.8 Å². The molecule has 23 heavy (non-hydrogen) atoms. The number of imidazole rings is 1. The predicted octanol–water partition coefficient (Wildman–Crippen LogP) is 4.45. The number of hydrogen-bond donors (Lipinski definition) is 1. The predicted molar refractivity (Wildman–Crippen MR) is 97.1 cm³/mol. The second kappa shape index (κ2) is 5.99. The highest BCUT2D eigenvalue weighted by Gasteiger charge is 2.16. The Balaban J connectivity index is 2.13. The van der Waals surface area contributed by atoms with Crippen molar-refractivity contribution in [2.75, 3.05) is 6.54 Å². The van der Waals surface area contributed by atoms with E-state index in [0.717, 1.165) is 29.0 Å². The van der Waals surface area contributed by atoms with Crippen LogP contribution in [0.25, 0.3) is 16.9 Å². The van der Waals surface area contributed by atoms with Gasteiger partial charge < -0.3 is 10.1 Å². The number of pyridine rings is 1. The molecule has 0 atom stereocenters. The van der Waals surface area contributed by atoms with Gasteiger partial charge in [0.15, 0.2) is 0 Å². The molecule has 3 aromatic rings. The Kier molecular flexibility index (Phi) is 4.17. The van der Waals surface area contributed by atoms with E-state index in [4.69, 9.17) is 22.3 Å². The SMILES string of the molecule is CC(C)(C)c1ccc(-c2nc3ccc(Cl)cn3c2CCN)cc1. The van der Waals surface area contributed by atoms with E-state index >= 15 is 0 Å². The fourth-order valence-corrected chi connectivity index (χ4v) is 2.96. The Bertz CT molecular complexity index is 826. The van der Waals surface area contributed by atoms with Crippen molar-refractivity contribution in [3.8, 4) is 11.3 Å². The minimum atomic E-state index is 0.144. The fraction of sp³-hybridized carbons (Fsp3) is 0.316. The van der Waals surface area contributed by atoms with Crippen LogP contribution in [0.1, 0.15) is 32.0 Å². The second-order valence-corrected chi connectivity index (χ2v) is 7.29. The lowest BCUT2D eigenvalue weighted by molar-refractivity contribution is 0.590. The van der Waals surface area contributed by atoms with Gasteiger partial charge in [0, 0.05) is 18.2 Å². The highest BCUT2D eigenvalue weighted by atomic mass is 35.5. The molecule has 0 aliphatic rings. The molecule has 0 radical (unpaired) electrons. The van der Waals surface area contributed by atoms with Gasteiger partial charge in [-0.3, -0.25) is 0 Å². The molecular formula is C19H22ClN3. The van der Waals surface area contributed by atoms with Gasteiger partial charge in [0.05, 0.1) is 16.4 Å². The molecule has 0 unspecified atom stereocenters. The lowest BCUT2D eigenvalue weighted by atomic mass is 9.86. The molecule has 120 valence electrons. The zero-order valence-corrected chi connectivity index (χ0v) is 14.6. The summed E-state index contributed by atoms with van der Waals surface area (Å²) in [5, 5.41) is 0.697. The van der Waals surface area contributed by atoms with Crippen LogP contribution in [0.4, 0.5) is 0 Å². The van der Waals surface area contributed by atoms with Crippen LogP contribution in [0.5, 0.6) is 0 Å². The lowest BCUT2D eigenvalue weighted by Crippen LogP contribution is -2.10. The van der Waals surface area contributed by atoms with Gasteiger partial charge in [0.2, 0.25) is 0 Å². The number of nitrogens with two attached hydrogens (primary N) is 1. The minimum Gasteiger partial charge on any atom is -0.330 e. The van der Waals surface area contributed by atoms with Crippen LogP contribution < -0.4 is 5.73 Å². The first-order valence-electron chi connectivity index (χ1n) is 7.87. The zero-order chi connectivity index (χ0) is 16.6. The largest absolute Gasteiger partial charge is 0.330 e. The van der Waals surface area contributed by atoms with Crippen LogP contribution in [0.15, 0.2) is 42.6 Å². The van der Waals surface area contributed by atoms with Gasteiger partial charge in [-0.1, -0.05) is 56.6 Å². The molecule has 0 saturated heterocycles. The van der Waals surface area contributed by atoms with Crippen molar-refractivity contribution in [1.82, 2.24) is 9.38 Å². The highest BCUT2D eigenvalue weighted by molar-refractivity contribution is 6.30. The van der Waals surface area contributed by atoms with Gasteiger partial charge in [0.1, 0.15) is 5.65 Å². The van der Waals surface area contributed by atoms with E-state index in [9.17, 15) is 0 Å². The third-order valence-electron chi connectivity index (χ3n) is 4.09. The molecule has 0 aliphatic carbocycles. The molecule has 0 bridgehead atoms. The summed E-state index contributed by atoms with van der Waals surface area (Å²) in [5.41, 5.74) is 11.4. The molecule has 0 saturated carbocycles. The van der Waals surface area contributed by atoms with Crippen molar-refractivity contribution >= 4 is 17.2 Å². The molecule has 2 aromatic heterocycles. The average Bonchev–Trinajstić information content (AvgIpc) is 2.85. The van der Waals surface area contributed by atoms with Crippen LogP contribution in [-0.4, -0.2) is 15.9 Å². The van der Waals surface area contributed by atoms with Crippen molar-refractivity contribution in [1.29, 1.82) is 0 Å². The van der Waals surface area contributed by atoms with Crippen molar-refractivity contribution < 1.29 is 0 Å². The number of fused-ring (bicyclic) bond motifs is 1. The molecule has 4 heteroatoms. The molecule has 3 rings (SSSR count). The standard InChI is InChI=1S/C19H22ClN3/c1-19(2,3)14-6-4-13(5-7-14)18-16(10-11-21)23-12-15(20)8-9-17(23)22-18/h4-9,12H,10-11,21H2,1-3H3. The average molecular weight is 328 g/mol. The smallest absolute Gasteiger partial charge is 0.137 e. The monoisotopic (exact) mass is 327 g/mol. The normalized spacial score (nSPS) is 12.0. The Morgan fingerprint density at radius 3 is 2.39 bits per heavy atom. The third-order valence-corrected chi connectivity index (χ3v) is 4.31. The molecule has 2 N–H and O–H groups in total. The van der Waals surface area contributed by atoms with E-state index in [0.29, 0.717) is 11.6 Å². The molecule has 0 aliphatic heterocycles. The van der Waals surface area contributed by atoms with Crippen LogP contribution >= 0.6 is 11.6 Å². The quantitative estimate of drug-likeness (QED) is 0.772. The number of aromatic nitrogens is 2. The van der Waals surface area contributed by atoms with Gasteiger partial charge in [-0.25, -0.2) is 4.98 Å². The molecular weight excluding hydrogens is 306 g/mol. The lowest BCUT2D eigenvalue weighted by Gasteiger charge is -2.19. The summed E-state index contributed by atoms with van der Waals surface area (Å²) in [5.74, 6) is 0. The summed E-state index contributed by atoms with van der Waals surface area (Å²) in [6, 6.07) is 12.4. The van der Waals surface area contributed by atoms with Gasteiger partial charge in [-0.2, -0.15) is 0 Å². The maximum absolute atomic E-state index is 6.14. The highest BCUT2D eigenvalue weighted by Crippen LogP contribution is 2.29. The van der Waals surface area contributed by atoms with Crippen LogP contribution in [0, 0.1) is 0 Å². The van der Waals surface area contributed by atoms with Crippen molar-refractivity contribution in [3.63, 3.8) is 0 Å². The molecule has 1 aromatic carbocycles. The summed E-state index contributed by atoms with van der Waals surface area (Å²) in [6.07, 6.45) is 2.67. The Morgan fingerprint density at radius 1 is 1.09 bits per heavy atom. The van der Waals surface area contributed by atoms with Crippen molar-refractivity contribution in [2.45, 2.75) is 32.6 Å². The van der Waals surface area contributed by atoms with Gasteiger partial charge in [-0.15, -0.1) is 0 Å². The van der Waals surface area contributed by atoms with Gasteiger partial charge in [0.25, 0.3) is 0 Å². The minimum absolute atomic E-state index is 0.144. The summed E-state index contributed by atoms with van der Waals surface area (Å²) in [6.45, 7) is 7.23. The first-order valence-corrected chi connectivity index (χ1v) is 8.25. The fourth-order valence-electron chi connectivity index (χ4n) is 2.80. The molecule has 0 fully saturated rings. The second-order valence-electron chi connectivity index (χ2n) is 6.85. The molecule has 0 amide bonds. The van der Waals surface area contributed by atoms with Crippen molar-refractivity contribution in [3.05, 3.63) is 58.9 Å². The Morgan fingerprint density at radius 2 is 1.78 bits per heavy atom. The third kappa shape index (κ3) is 3.12.